The first-order chi connectivity index (χ1) is 11.2. The summed E-state index contributed by atoms with van der Waals surface area (Å²) in [6, 6.07) is 14.3. The molecular weight excluding hydrogens is 408 g/mol. The van der Waals surface area contributed by atoms with Gasteiger partial charge in [0.25, 0.3) is 5.91 Å². The predicted octanol–water partition coefficient (Wildman–Crippen LogP) is 3.81. The van der Waals surface area contributed by atoms with Crippen molar-refractivity contribution in [1.82, 2.24) is 5.32 Å². The van der Waals surface area contributed by atoms with E-state index in [2.05, 4.69) is 17.4 Å². The van der Waals surface area contributed by atoms with Gasteiger partial charge in [0.05, 0.1) is 12.2 Å². The van der Waals surface area contributed by atoms with Crippen molar-refractivity contribution in [2.24, 2.45) is 0 Å². The lowest BCUT2D eigenvalue weighted by molar-refractivity contribution is 0.0941. The molecule has 122 valence electrons. The predicted molar refractivity (Wildman–Crippen MR) is 97.0 cm³/mol. The van der Waals surface area contributed by atoms with Crippen LogP contribution in [0, 0.1) is 9.39 Å². The summed E-state index contributed by atoms with van der Waals surface area (Å²) in [4.78, 5) is 12.0. The van der Waals surface area contributed by atoms with E-state index in [1.807, 2.05) is 40.8 Å². The first-order valence-corrected chi connectivity index (χ1v) is 8.59. The number of amides is 1. The standard InChI is InChI=1S/C18H19FINO2/c19-15-7-8-16(17(20)13-15)18(22)21-10-4-11-23-12-9-14-5-2-1-3-6-14/h1-3,5-8,13H,4,9-12H2,(H,21,22). The lowest BCUT2D eigenvalue weighted by Gasteiger charge is -2.08. The Balaban J connectivity index is 1.59. The second kappa shape index (κ2) is 9.62. The number of carbonyl (C=O) groups excluding carboxylic acids is 1. The van der Waals surface area contributed by atoms with Gasteiger partial charge in [-0.25, -0.2) is 4.39 Å². The minimum atomic E-state index is -0.335. The van der Waals surface area contributed by atoms with Crippen LogP contribution in [0.15, 0.2) is 48.5 Å². The Morgan fingerprint density at radius 1 is 1.13 bits per heavy atom. The Kier molecular flexibility index (Phi) is 7.48. The van der Waals surface area contributed by atoms with Crippen molar-refractivity contribution >= 4 is 28.5 Å². The zero-order valence-corrected chi connectivity index (χ0v) is 14.9. The van der Waals surface area contributed by atoms with Crippen LogP contribution in [0.25, 0.3) is 0 Å². The molecule has 0 aliphatic rings. The molecule has 0 bridgehead atoms. The summed E-state index contributed by atoms with van der Waals surface area (Å²) in [5.74, 6) is -0.517. The largest absolute Gasteiger partial charge is 0.381 e. The van der Waals surface area contributed by atoms with Crippen molar-refractivity contribution in [3.05, 3.63) is 69.0 Å². The smallest absolute Gasteiger partial charge is 0.252 e. The fourth-order valence-corrected chi connectivity index (χ4v) is 2.80. The van der Waals surface area contributed by atoms with E-state index < -0.39 is 0 Å². The molecule has 0 unspecified atom stereocenters. The van der Waals surface area contributed by atoms with Crippen LogP contribution in [0.4, 0.5) is 4.39 Å². The lowest BCUT2D eigenvalue weighted by atomic mass is 10.2. The molecule has 2 rings (SSSR count). The zero-order valence-electron chi connectivity index (χ0n) is 12.7. The van der Waals surface area contributed by atoms with Crippen molar-refractivity contribution in [3.8, 4) is 0 Å². The van der Waals surface area contributed by atoms with Gasteiger partial charge in [0.15, 0.2) is 0 Å². The maximum atomic E-state index is 13.0. The summed E-state index contributed by atoms with van der Waals surface area (Å²) >= 11 is 1.96. The monoisotopic (exact) mass is 427 g/mol. The lowest BCUT2D eigenvalue weighted by Crippen LogP contribution is -2.26. The van der Waals surface area contributed by atoms with Crippen molar-refractivity contribution < 1.29 is 13.9 Å². The summed E-state index contributed by atoms with van der Waals surface area (Å²) in [5, 5.41) is 2.82. The van der Waals surface area contributed by atoms with Crippen LogP contribution in [0.5, 0.6) is 0 Å². The Bertz CT molecular complexity index is 634. The van der Waals surface area contributed by atoms with Gasteiger partial charge in [0.2, 0.25) is 0 Å². The van der Waals surface area contributed by atoms with Gasteiger partial charge < -0.3 is 10.1 Å². The molecule has 0 aliphatic heterocycles. The molecule has 0 aromatic heterocycles. The van der Waals surface area contributed by atoms with Crippen molar-refractivity contribution in [1.29, 1.82) is 0 Å². The first-order valence-electron chi connectivity index (χ1n) is 7.52. The summed E-state index contributed by atoms with van der Waals surface area (Å²) in [6.45, 7) is 1.82. The van der Waals surface area contributed by atoms with Gasteiger partial charge >= 0.3 is 0 Å². The van der Waals surface area contributed by atoms with Crippen molar-refractivity contribution in [2.45, 2.75) is 12.8 Å². The summed E-state index contributed by atoms with van der Waals surface area (Å²) in [7, 11) is 0. The van der Waals surface area contributed by atoms with Gasteiger partial charge in [-0.2, -0.15) is 0 Å². The number of nitrogens with one attached hydrogen (secondary N) is 1. The van der Waals surface area contributed by atoms with E-state index in [0.29, 0.717) is 28.9 Å². The van der Waals surface area contributed by atoms with Gasteiger partial charge in [-0.3, -0.25) is 4.79 Å². The normalized spacial score (nSPS) is 10.5. The molecule has 5 heteroatoms. The maximum Gasteiger partial charge on any atom is 0.252 e. The molecule has 2 aromatic carbocycles. The number of hydrogen-bond acceptors (Lipinski definition) is 2. The Hall–Kier alpha value is -1.47. The third kappa shape index (κ3) is 6.27. The average Bonchev–Trinajstić information content (AvgIpc) is 2.54. The number of benzene rings is 2. The van der Waals surface area contributed by atoms with E-state index in [0.717, 1.165) is 12.8 Å². The molecule has 0 atom stereocenters. The van der Waals surface area contributed by atoms with Crippen LogP contribution in [0.2, 0.25) is 0 Å². The van der Waals surface area contributed by atoms with Crippen LogP contribution >= 0.6 is 22.6 Å². The Morgan fingerprint density at radius 2 is 1.91 bits per heavy atom. The van der Waals surface area contributed by atoms with Gasteiger partial charge in [0.1, 0.15) is 5.82 Å². The number of carbonyl (C=O) groups is 1. The number of rotatable bonds is 8. The number of ether oxygens (including phenoxy) is 1. The first kappa shape index (κ1) is 17.9. The van der Waals surface area contributed by atoms with Crippen LogP contribution in [0.3, 0.4) is 0 Å². The minimum absolute atomic E-state index is 0.182. The molecule has 1 amide bonds. The molecule has 0 spiro atoms. The molecule has 23 heavy (non-hydrogen) atoms. The molecule has 0 aliphatic carbocycles. The maximum absolute atomic E-state index is 13.0. The van der Waals surface area contributed by atoms with E-state index in [4.69, 9.17) is 4.74 Å². The van der Waals surface area contributed by atoms with E-state index in [1.54, 1.807) is 0 Å². The molecule has 3 nitrogen and oxygen atoms in total. The summed E-state index contributed by atoms with van der Waals surface area (Å²) in [5.41, 5.74) is 1.75. The van der Waals surface area contributed by atoms with E-state index in [1.165, 1.54) is 23.8 Å². The highest BCUT2D eigenvalue weighted by molar-refractivity contribution is 14.1. The van der Waals surface area contributed by atoms with Gasteiger partial charge in [-0.15, -0.1) is 0 Å². The highest BCUT2D eigenvalue weighted by Crippen LogP contribution is 2.13. The molecular formula is C18H19FINO2. The molecule has 0 saturated heterocycles. The van der Waals surface area contributed by atoms with Gasteiger partial charge in [0, 0.05) is 16.7 Å². The highest BCUT2D eigenvalue weighted by Gasteiger charge is 2.09. The van der Waals surface area contributed by atoms with Crippen LogP contribution in [0.1, 0.15) is 22.3 Å². The topological polar surface area (TPSA) is 38.3 Å². The Morgan fingerprint density at radius 3 is 2.65 bits per heavy atom. The summed E-state index contributed by atoms with van der Waals surface area (Å²) < 4.78 is 19.2. The third-order valence-electron chi connectivity index (χ3n) is 3.30. The molecule has 0 fully saturated rings. The SMILES string of the molecule is O=C(NCCCOCCc1ccccc1)c1ccc(F)cc1I. The second-order valence-electron chi connectivity index (χ2n) is 5.08. The molecule has 2 aromatic rings. The zero-order chi connectivity index (χ0) is 16.5. The second-order valence-corrected chi connectivity index (χ2v) is 6.24. The van der Waals surface area contributed by atoms with Crippen LogP contribution in [-0.2, 0) is 11.2 Å². The van der Waals surface area contributed by atoms with E-state index >= 15 is 0 Å². The molecule has 0 saturated carbocycles. The van der Waals surface area contributed by atoms with E-state index in [9.17, 15) is 9.18 Å². The average molecular weight is 427 g/mol. The fourth-order valence-electron chi connectivity index (χ4n) is 2.08. The van der Waals surface area contributed by atoms with Crippen LogP contribution in [-0.4, -0.2) is 25.7 Å². The third-order valence-corrected chi connectivity index (χ3v) is 4.20. The van der Waals surface area contributed by atoms with E-state index in [-0.39, 0.29) is 11.7 Å². The Labute approximate surface area is 149 Å². The number of hydrogen-bond donors (Lipinski definition) is 1. The number of halogens is 2. The molecule has 1 N–H and O–H groups in total. The van der Waals surface area contributed by atoms with Gasteiger partial charge in [-0.05, 0) is 59.2 Å². The quantitative estimate of drug-likeness (QED) is 0.514. The minimum Gasteiger partial charge on any atom is -0.381 e. The molecule has 0 radical (unpaired) electrons. The van der Waals surface area contributed by atoms with Crippen LogP contribution < -0.4 is 5.32 Å². The highest BCUT2D eigenvalue weighted by atomic mass is 127. The molecule has 0 heterocycles. The summed E-state index contributed by atoms with van der Waals surface area (Å²) in [6.07, 6.45) is 1.64. The van der Waals surface area contributed by atoms with Gasteiger partial charge in [-0.1, -0.05) is 30.3 Å². The van der Waals surface area contributed by atoms with Crippen molar-refractivity contribution in [2.75, 3.05) is 19.8 Å². The fraction of sp³-hybridized carbons (Fsp3) is 0.278. The van der Waals surface area contributed by atoms with Crippen molar-refractivity contribution in [3.63, 3.8) is 0 Å².